The SMILES string of the molecule is Cc1cc(-c2cc(-c3ccccc3)ncc2Oc2ccc(SNc3nccs3)cc2C#N)c(C)s1. The van der Waals surface area contributed by atoms with Gasteiger partial charge in [-0.05, 0) is 61.7 Å². The molecule has 0 aliphatic heterocycles. The Kier molecular flexibility index (Phi) is 6.82. The Labute approximate surface area is 216 Å². The highest BCUT2D eigenvalue weighted by atomic mass is 32.2. The van der Waals surface area contributed by atoms with Crippen LogP contribution in [0.5, 0.6) is 11.5 Å². The molecule has 0 aliphatic carbocycles. The molecule has 1 N–H and O–H groups in total. The number of hydrogen-bond donors (Lipinski definition) is 1. The van der Waals surface area contributed by atoms with E-state index in [9.17, 15) is 5.26 Å². The quantitative estimate of drug-likeness (QED) is 0.221. The maximum Gasteiger partial charge on any atom is 0.192 e. The van der Waals surface area contributed by atoms with Gasteiger partial charge in [-0.3, -0.25) is 4.98 Å². The Morgan fingerprint density at radius 2 is 1.83 bits per heavy atom. The second-order valence-electron chi connectivity index (χ2n) is 7.67. The van der Waals surface area contributed by atoms with E-state index in [4.69, 9.17) is 4.74 Å². The molecule has 2 aromatic carbocycles. The molecule has 0 spiro atoms. The molecular weight excluding hydrogens is 493 g/mol. The maximum absolute atomic E-state index is 9.82. The first-order valence-electron chi connectivity index (χ1n) is 10.8. The summed E-state index contributed by atoms with van der Waals surface area (Å²) in [6.07, 6.45) is 3.49. The number of pyridine rings is 1. The standard InChI is InChI=1S/C27H20N4OS3/c1-17-12-22(18(2)34-17)23-14-24(19-6-4-3-5-7-19)30-16-26(23)32-25-9-8-21(13-20(25)15-28)35-31-27-29-10-11-33-27/h3-14,16H,1-2H3,(H,29,31). The normalized spacial score (nSPS) is 10.7. The van der Waals surface area contributed by atoms with Gasteiger partial charge in [0.1, 0.15) is 11.8 Å². The average Bonchev–Trinajstić information content (AvgIpc) is 3.53. The van der Waals surface area contributed by atoms with Gasteiger partial charge >= 0.3 is 0 Å². The minimum atomic E-state index is 0.451. The molecule has 0 aliphatic rings. The number of anilines is 1. The molecule has 5 rings (SSSR count). The summed E-state index contributed by atoms with van der Waals surface area (Å²) in [5, 5.41) is 12.5. The van der Waals surface area contributed by atoms with Gasteiger partial charge in [-0.2, -0.15) is 5.26 Å². The summed E-state index contributed by atoms with van der Waals surface area (Å²) in [7, 11) is 0. The highest BCUT2D eigenvalue weighted by Crippen LogP contribution is 2.40. The van der Waals surface area contributed by atoms with Crippen molar-refractivity contribution in [3.63, 3.8) is 0 Å². The largest absolute Gasteiger partial charge is 0.454 e. The number of benzene rings is 2. The maximum atomic E-state index is 9.82. The van der Waals surface area contributed by atoms with E-state index < -0.39 is 0 Å². The number of nitrogens with one attached hydrogen (secondary N) is 1. The van der Waals surface area contributed by atoms with Crippen LogP contribution in [0.15, 0.2) is 83.3 Å². The van der Waals surface area contributed by atoms with E-state index >= 15 is 0 Å². The van der Waals surface area contributed by atoms with Gasteiger partial charge in [-0.25, -0.2) is 4.98 Å². The van der Waals surface area contributed by atoms with Gasteiger partial charge in [0.05, 0.1) is 17.5 Å². The van der Waals surface area contributed by atoms with E-state index in [1.807, 2.05) is 53.9 Å². The smallest absolute Gasteiger partial charge is 0.192 e. The van der Waals surface area contributed by atoms with Gasteiger partial charge in [-0.15, -0.1) is 22.7 Å². The van der Waals surface area contributed by atoms with Crippen molar-refractivity contribution in [2.45, 2.75) is 18.7 Å². The predicted molar refractivity (Wildman–Crippen MR) is 145 cm³/mol. The van der Waals surface area contributed by atoms with Crippen molar-refractivity contribution >= 4 is 39.8 Å². The van der Waals surface area contributed by atoms with E-state index in [0.717, 1.165) is 32.4 Å². The summed E-state index contributed by atoms with van der Waals surface area (Å²) in [6.45, 7) is 4.21. The average molecular weight is 513 g/mol. The van der Waals surface area contributed by atoms with Crippen molar-refractivity contribution in [3.8, 4) is 40.0 Å². The highest BCUT2D eigenvalue weighted by Gasteiger charge is 2.16. The molecular formula is C27H20N4OS3. The van der Waals surface area contributed by atoms with Crippen LogP contribution in [0.1, 0.15) is 15.3 Å². The molecule has 0 saturated carbocycles. The predicted octanol–water partition coefficient (Wildman–Crippen LogP) is 8.33. The fourth-order valence-corrected chi connectivity index (χ4v) is 5.84. The number of ether oxygens (including phenoxy) is 1. The lowest BCUT2D eigenvalue weighted by Crippen LogP contribution is -1.95. The topological polar surface area (TPSA) is 70.8 Å². The summed E-state index contributed by atoms with van der Waals surface area (Å²) < 4.78 is 9.51. The molecule has 172 valence electrons. The molecule has 0 bridgehead atoms. The third-order valence-corrected chi connectivity index (χ3v) is 7.82. The van der Waals surface area contributed by atoms with Crippen LogP contribution in [-0.2, 0) is 0 Å². The van der Waals surface area contributed by atoms with E-state index in [1.54, 1.807) is 23.7 Å². The molecule has 8 heteroatoms. The van der Waals surface area contributed by atoms with Crippen molar-refractivity contribution in [2.75, 3.05) is 4.72 Å². The fraction of sp³-hybridized carbons (Fsp3) is 0.0741. The molecule has 5 aromatic rings. The first kappa shape index (κ1) is 23.1. The lowest BCUT2D eigenvalue weighted by Gasteiger charge is -2.14. The monoisotopic (exact) mass is 512 g/mol. The minimum Gasteiger partial charge on any atom is -0.454 e. The van der Waals surface area contributed by atoms with Crippen LogP contribution in [0.2, 0.25) is 0 Å². The zero-order valence-corrected chi connectivity index (χ0v) is 21.4. The van der Waals surface area contributed by atoms with E-state index in [0.29, 0.717) is 17.1 Å². The van der Waals surface area contributed by atoms with Gasteiger partial charge in [0.15, 0.2) is 10.9 Å². The Bertz CT molecular complexity index is 1510. The Morgan fingerprint density at radius 3 is 2.54 bits per heavy atom. The summed E-state index contributed by atoms with van der Waals surface area (Å²) >= 11 is 4.68. The molecule has 3 aromatic heterocycles. The first-order chi connectivity index (χ1) is 17.1. The summed E-state index contributed by atoms with van der Waals surface area (Å²) in [4.78, 5) is 12.2. The molecule has 0 radical (unpaired) electrons. The number of thiophene rings is 1. The van der Waals surface area contributed by atoms with Crippen molar-refractivity contribution in [3.05, 3.63) is 93.8 Å². The van der Waals surface area contributed by atoms with E-state index in [2.05, 4.69) is 46.7 Å². The summed E-state index contributed by atoms with van der Waals surface area (Å²) in [6, 6.07) is 22.1. The van der Waals surface area contributed by atoms with Gasteiger partial charge in [-0.1, -0.05) is 30.3 Å². The lowest BCUT2D eigenvalue weighted by molar-refractivity contribution is 0.480. The number of hydrogen-bond acceptors (Lipinski definition) is 8. The van der Waals surface area contributed by atoms with Crippen LogP contribution in [0.25, 0.3) is 22.4 Å². The molecule has 0 fully saturated rings. The van der Waals surface area contributed by atoms with Crippen molar-refractivity contribution in [1.29, 1.82) is 5.26 Å². The van der Waals surface area contributed by atoms with E-state index in [-0.39, 0.29) is 0 Å². The Balaban J connectivity index is 1.49. The summed E-state index contributed by atoms with van der Waals surface area (Å²) in [5.74, 6) is 1.11. The first-order valence-corrected chi connectivity index (χ1v) is 13.3. The van der Waals surface area contributed by atoms with Crippen molar-refractivity contribution in [2.24, 2.45) is 0 Å². The lowest BCUT2D eigenvalue weighted by atomic mass is 10.0. The molecule has 0 unspecified atom stereocenters. The second-order valence-corrected chi connectivity index (χ2v) is 10.9. The van der Waals surface area contributed by atoms with Gasteiger partial charge in [0.25, 0.3) is 0 Å². The molecule has 5 nitrogen and oxygen atoms in total. The third-order valence-electron chi connectivity index (χ3n) is 5.25. The van der Waals surface area contributed by atoms with Crippen LogP contribution >= 0.6 is 34.6 Å². The Hall–Kier alpha value is -3.64. The number of aromatic nitrogens is 2. The van der Waals surface area contributed by atoms with Crippen LogP contribution in [0, 0.1) is 25.2 Å². The van der Waals surface area contributed by atoms with Crippen molar-refractivity contribution < 1.29 is 4.74 Å². The van der Waals surface area contributed by atoms with Gasteiger partial charge < -0.3 is 9.46 Å². The number of nitriles is 1. The summed E-state index contributed by atoms with van der Waals surface area (Å²) in [5.41, 5.74) is 4.43. The van der Waals surface area contributed by atoms with Gasteiger partial charge in [0.2, 0.25) is 0 Å². The fourth-order valence-electron chi connectivity index (χ4n) is 3.64. The van der Waals surface area contributed by atoms with Gasteiger partial charge in [0, 0.05) is 37.4 Å². The zero-order chi connectivity index (χ0) is 24.2. The zero-order valence-electron chi connectivity index (χ0n) is 19.0. The molecule has 35 heavy (non-hydrogen) atoms. The van der Waals surface area contributed by atoms with E-state index in [1.165, 1.54) is 33.0 Å². The second kappa shape index (κ2) is 10.3. The van der Waals surface area contributed by atoms with Crippen LogP contribution in [0.4, 0.5) is 5.13 Å². The van der Waals surface area contributed by atoms with Crippen LogP contribution in [-0.4, -0.2) is 9.97 Å². The molecule has 0 atom stereocenters. The molecule has 3 heterocycles. The molecule has 0 amide bonds. The highest BCUT2D eigenvalue weighted by molar-refractivity contribution is 8.00. The minimum absolute atomic E-state index is 0.451. The number of thiazole rings is 1. The van der Waals surface area contributed by atoms with Crippen molar-refractivity contribution in [1.82, 2.24) is 9.97 Å². The Morgan fingerprint density at radius 1 is 0.971 bits per heavy atom. The number of rotatable bonds is 7. The molecule has 0 saturated heterocycles. The van der Waals surface area contributed by atoms with Crippen LogP contribution < -0.4 is 9.46 Å². The number of nitrogens with zero attached hydrogens (tertiary/aromatic N) is 3. The number of aryl methyl sites for hydroxylation is 2. The third kappa shape index (κ3) is 5.23. The van der Waals surface area contributed by atoms with Crippen LogP contribution in [0.3, 0.4) is 0 Å².